The van der Waals surface area contributed by atoms with Crippen LogP contribution >= 0.6 is 0 Å². The van der Waals surface area contributed by atoms with Gasteiger partial charge in [-0.15, -0.1) is 6.42 Å². The van der Waals surface area contributed by atoms with Gasteiger partial charge in [-0.05, 0) is 24.5 Å². The van der Waals surface area contributed by atoms with Gasteiger partial charge < -0.3 is 5.32 Å². The Labute approximate surface area is 97.1 Å². The molecule has 0 fully saturated rings. The number of hydrogen-bond donors (Lipinski definition) is 1. The van der Waals surface area contributed by atoms with Crippen LogP contribution in [0, 0.1) is 18.3 Å². The molecule has 2 nitrogen and oxygen atoms in total. The molecule has 16 heavy (non-hydrogen) atoms. The van der Waals surface area contributed by atoms with Crippen molar-refractivity contribution >= 4 is 5.91 Å². The van der Waals surface area contributed by atoms with Gasteiger partial charge in [0.25, 0.3) is 5.91 Å². The lowest BCUT2D eigenvalue weighted by atomic mass is 10.1. The van der Waals surface area contributed by atoms with Gasteiger partial charge in [-0.25, -0.2) is 0 Å². The largest absolute Gasteiger partial charge is 0.352 e. The SMILES string of the molecule is C#Cc1ccccc1C(=O)NCCC(C)C. The summed E-state index contributed by atoms with van der Waals surface area (Å²) in [5.74, 6) is 3.01. The third kappa shape index (κ3) is 3.43. The Balaban J connectivity index is 2.63. The molecule has 0 radical (unpaired) electrons. The zero-order chi connectivity index (χ0) is 12.0. The topological polar surface area (TPSA) is 29.1 Å². The fourth-order valence-electron chi connectivity index (χ4n) is 1.38. The Morgan fingerprint density at radius 2 is 2.12 bits per heavy atom. The van der Waals surface area contributed by atoms with Crippen LogP contribution in [0.1, 0.15) is 36.2 Å². The van der Waals surface area contributed by atoms with Crippen molar-refractivity contribution in [2.75, 3.05) is 6.54 Å². The molecule has 1 aromatic rings. The Bertz CT molecular complexity index is 401. The van der Waals surface area contributed by atoms with Crippen LogP contribution in [0.25, 0.3) is 0 Å². The van der Waals surface area contributed by atoms with Gasteiger partial charge in [-0.1, -0.05) is 31.9 Å². The maximum atomic E-state index is 11.8. The standard InChI is InChI=1S/C14H17NO/c1-4-12-7-5-6-8-13(12)14(16)15-10-9-11(2)3/h1,5-8,11H,9-10H2,2-3H3,(H,15,16). The van der Waals surface area contributed by atoms with Crippen LogP contribution < -0.4 is 5.32 Å². The van der Waals surface area contributed by atoms with Crippen LogP contribution in [-0.2, 0) is 0 Å². The molecule has 1 rings (SSSR count). The highest BCUT2D eigenvalue weighted by Crippen LogP contribution is 2.07. The van der Waals surface area contributed by atoms with Crippen molar-refractivity contribution in [3.63, 3.8) is 0 Å². The number of carbonyl (C=O) groups is 1. The van der Waals surface area contributed by atoms with E-state index in [0.717, 1.165) is 6.42 Å². The second kappa shape index (κ2) is 5.97. The molecule has 1 amide bonds. The lowest BCUT2D eigenvalue weighted by molar-refractivity contribution is 0.0952. The van der Waals surface area contributed by atoms with Gasteiger partial charge >= 0.3 is 0 Å². The molecule has 0 atom stereocenters. The highest BCUT2D eigenvalue weighted by Gasteiger charge is 2.08. The summed E-state index contributed by atoms with van der Waals surface area (Å²) >= 11 is 0. The summed E-state index contributed by atoms with van der Waals surface area (Å²) < 4.78 is 0. The summed E-state index contributed by atoms with van der Waals surface area (Å²) in [5, 5.41) is 2.87. The van der Waals surface area contributed by atoms with Crippen LogP contribution in [0.15, 0.2) is 24.3 Å². The van der Waals surface area contributed by atoms with E-state index in [2.05, 4.69) is 25.1 Å². The number of benzene rings is 1. The molecule has 0 aromatic heterocycles. The van der Waals surface area contributed by atoms with E-state index in [0.29, 0.717) is 23.6 Å². The van der Waals surface area contributed by atoms with E-state index in [1.165, 1.54) is 0 Å². The highest BCUT2D eigenvalue weighted by atomic mass is 16.1. The first-order valence-electron chi connectivity index (χ1n) is 5.49. The molecular weight excluding hydrogens is 198 g/mol. The Morgan fingerprint density at radius 3 is 2.75 bits per heavy atom. The zero-order valence-corrected chi connectivity index (χ0v) is 9.79. The van der Waals surface area contributed by atoms with Crippen LogP contribution in [0.2, 0.25) is 0 Å². The van der Waals surface area contributed by atoms with Crippen molar-refractivity contribution in [1.82, 2.24) is 5.32 Å². The minimum absolute atomic E-state index is 0.0887. The molecule has 0 spiro atoms. The molecule has 2 heteroatoms. The van der Waals surface area contributed by atoms with Gasteiger partial charge in [-0.3, -0.25) is 4.79 Å². The van der Waals surface area contributed by atoms with E-state index >= 15 is 0 Å². The van der Waals surface area contributed by atoms with Crippen molar-refractivity contribution in [2.45, 2.75) is 20.3 Å². The van der Waals surface area contributed by atoms with Gasteiger partial charge in [0.15, 0.2) is 0 Å². The van der Waals surface area contributed by atoms with Gasteiger partial charge in [0, 0.05) is 12.1 Å². The van der Waals surface area contributed by atoms with Crippen LogP contribution in [0.4, 0.5) is 0 Å². The number of terminal acetylenes is 1. The van der Waals surface area contributed by atoms with Crippen molar-refractivity contribution in [3.05, 3.63) is 35.4 Å². The van der Waals surface area contributed by atoms with E-state index in [4.69, 9.17) is 6.42 Å². The van der Waals surface area contributed by atoms with Crippen molar-refractivity contribution in [3.8, 4) is 12.3 Å². The summed E-state index contributed by atoms with van der Waals surface area (Å²) in [4.78, 5) is 11.8. The van der Waals surface area contributed by atoms with E-state index < -0.39 is 0 Å². The van der Waals surface area contributed by atoms with Crippen LogP contribution in [-0.4, -0.2) is 12.5 Å². The molecule has 0 saturated heterocycles. The number of hydrogen-bond acceptors (Lipinski definition) is 1. The number of rotatable bonds is 4. The highest BCUT2D eigenvalue weighted by molar-refractivity contribution is 5.96. The van der Waals surface area contributed by atoms with Gasteiger partial charge in [-0.2, -0.15) is 0 Å². The lowest BCUT2D eigenvalue weighted by Crippen LogP contribution is -2.26. The van der Waals surface area contributed by atoms with Gasteiger partial charge in [0.1, 0.15) is 0 Å². The second-order valence-corrected chi connectivity index (χ2v) is 4.13. The molecule has 0 aliphatic carbocycles. The molecule has 0 saturated carbocycles. The average Bonchev–Trinajstić information content (AvgIpc) is 2.28. The quantitative estimate of drug-likeness (QED) is 0.768. The number of nitrogens with one attached hydrogen (secondary N) is 1. The summed E-state index contributed by atoms with van der Waals surface area (Å²) in [6, 6.07) is 7.18. The molecule has 0 aliphatic rings. The average molecular weight is 215 g/mol. The molecule has 0 unspecified atom stereocenters. The molecule has 84 valence electrons. The first-order chi connectivity index (χ1) is 7.65. The van der Waals surface area contributed by atoms with Crippen LogP contribution in [0.5, 0.6) is 0 Å². The third-order valence-corrected chi connectivity index (χ3v) is 2.33. The summed E-state index contributed by atoms with van der Waals surface area (Å²) in [6.45, 7) is 4.94. The smallest absolute Gasteiger partial charge is 0.252 e. The Hall–Kier alpha value is -1.75. The normalized spacial score (nSPS) is 9.88. The van der Waals surface area contributed by atoms with Gasteiger partial charge in [0.05, 0.1) is 5.56 Å². The van der Waals surface area contributed by atoms with E-state index in [9.17, 15) is 4.79 Å². The maximum Gasteiger partial charge on any atom is 0.252 e. The molecule has 0 heterocycles. The summed E-state index contributed by atoms with van der Waals surface area (Å²) in [6.07, 6.45) is 6.31. The zero-order valence-electron chi connectivity index (χ0n) is 9.79. The minimum Gasteiger partial charge on any atom is -0.352 e. The van der Waals surface area contributed by atoms with Crippen molar-refractivity contribution in [1.29, 1.82) is 0 Å². The lowest BCUT2D eigenvalue weighted by Gasteiger charge is -2.08. The molecule has 1 N–H and O–H groups in total. The molecule has 0 bridgehead atoms. The first kappa shape index (κ1) is 12.3. The predicted molar refractivity (Wildman–Crippen MR) is 66.2 cm³/mol. The fourth-order valence-corrected chi connectivity index (χ4v) is 1.38. The predicted octanol–water partition coefficient (Wildman–Crippen LogP) is 2.44. The minimum atomic E-state index is -0.0887. The molecule has 1 aromatic carbocycles. The monoisotopic (exact) mass is 215 g/mol. The van der Waals surface area contributed by atoms with E-state index in [1.807, 2.05) is 12.1 Å². The Morgan fingerprint density at radius 1 is 1.44 bits per heavy atom. The van der Waals surface area contributed by atoms with Gasteiger partial charge in [0.2, 0.25) is 0 Å². The fraction of sp³-hybridized carbons (Fsp3) is 0.357. The third-order valence-electron chi connectivity index (χ3n) is 2.33. The number of carbonyl (C=O) groups excluding carboxylic acids is 1. The summed E-state index contributed by atoms with van der Waals surface area (Å²) in [5.41, 5.74) is 1.22. The first-order valence-corrected chi connectivity index (χ1v) is 5.49. The molecular formula is C14H17NO. The van der Waals surface area contributed by atoms with E-state index in [-0.39, 0.29) is 5.91 Å². The maximum absolute atomic E-state index is 11.8. The second-order valence-electron chi connectivity index (χ2n) is 4.13. The van der Waals surface area contributed by atoms with Crippen molar-refractivity contribution < 1.29 is 4.79 Å². The Kier molecular flexibility index (Phi) is 4.60. The van der Waals surface area contributed by atoms with E-state index in [1.54, 1.807) is 12.1 Å². The summed E-state index contributed by atoms with van der Waals surface area (Å²) in [7, 11) is 0. The van der Waals surface area contributed by atoms with Crippen molar-refractivity contribution in [2.24, 2.45) is 5.92 Å². The van der Waals surface area contributed by atoms with Crippen LogP contribution in [0.3, 0.4) is 0 Å². The number of amides is 1. The molecule has 0 aliphatic heterocycles.